The number of nitrogens with zero attached hydrogens (tertiary/aromatic N) is 2. The van der Waals surface area contributed by atoms with Crippen molar-refractivity contribution in [2.24, 2.45) is 10.5 Å². The van der Waals surface area contributed by atoms with Crippen molar-refractivity contribution in [1.82, 2.24) is 5.01 Å². The topological polar surface area (TPSA) is 53.9 Å². The average Bonchev–Trinajstić information content (AvgIpc) is 3.07. The standard InChI is InChI=1S/C24H24ClF6N3O2S/c1-22(9-4-10-37-2)14-34(33-21(22)15-7-8-18(19(25)11-15)23(26,27)28)13-20(35)32-16-5-3-6-17(12-16)36-24(29,30)31/h3,5-8,11-12H,4,9-10,13-14H2,1-2H3,(H,32,35). The predicted molar refractivity (Wildman–Crippen MR) is 132 cm³/mol. The minimum atomic E-state index is -4.87. The lowest BCUT2D eigenvalue weighted by Gasteiger charge is -2.27. The summed E-state index contributed by atoms with van der Waals surface area (Å²) in [4.78, 5) is 12.7. The van der Waals surface area contributed by atoms with Gasteiger partial charge in [-0.3, -0.25) is 9.80 Å². The van der Waals surface area contributed by atoms with Crippen molar-refractivity contribution in [3.63, 3.8) is 0 Å². The van der Waals surface area contributed by atoms with Crippen LogP contribution >= 0.6 is 23.4 Å². The van der Waals surface area contributed by atoms with Crippen molar-refractivity contribution in [3.05, 3.63) is 58.6 Å². The molecule has 1 unspecified atom stereocenters. The van der Waals surface area contributed by atoms with E-state index in [2.05, 4.69) is 15.2 Å². The molecule has 0 fully saturated rings. The van der Waals surface area contributed by atoms with Gasteiger partial charge < -0.3 is 10.1 Å². The number of carbonyl (C=O) groups excluding carboxylic acids is 1. The van der Waals surface area contributed by atoms with Crippen LogP contribution in [0.5, 0.6) is 5.75 Å². The number of hydrogen-bond donors (Lipinski definition) is 1. The number of carbonyl (C=O) groups is 1. The summed E-state index contributed by atoms with van der Waals surface area (Å²) in [6.45, 7) is 2.02. The lowest BCUT2D eigenvalue weighted by atomic mass is 9.78. The lowest BCUT2D eigenvalue weighted by Crippen LogP contribution is -2.35. The van der Waals surface area contributed by atoms with Crippen molar-refractivity contribution >= 4 is 40.7 Å². The number of benzene rings is 2. The Morgan fingerprint density at radius 1 is 1.19 bits per heavy atom. The molecule has 1 aliphatic heterocycles. The fourth-order valence-corrected chi connectivity index (χ4v) is 4.83. The first-order valence-corrected chi connectivity index (χ1v) is 12.8. The van der Waals surface area contributed by atoms with Gasteiger partial charge in [0.25, 0.3) is 0 Å². The van der Waals surface area contributed by atoms with Gasteiger partial charge in [0.05, 0.1) is 16.3 Å². The third-order valence-electron chi connectivity index (χ3n) is 5.65. The quantitative estimate of drug-likeness (QED) is 0.260. The molecule has 0 aliphatic carbocycles. The fraction of sp³-hybridized carbons (Fsp3) is 0.417. The first kappa shape index (κ1) is 29.0. The van der Waals surface area contributed by atoms with E-state index < -0.39 is 40.2 Å². The van der Waals surface area contributed by atoms with Crippen LogP contribution in [0.1, 0.15) is 30.9 Å². The monoisotopic (exact) mass is 567 g/mol. The Labute approximate surface area is 219 Å². The molecule has 3 rings (SSSR count). The third-order valence-corrected chi connectivity index (χ3v) is 6.66. The lowest BCUT2D eigenvalue weighted by molar-refractivity contribution is -0.274. The Balaban J connectivity index is 1.79. The van der Waals surface area contributed by atoms with Gasteiger partial charge in [-0.05, 0) is 54.7 Å². The minimum Gasteiger partial charge on any atom is -0.406 e. The van der Waals surface area contributed by atoms with Gasteiger partial charge in [0.2, 0.25) is 5.91 Å². The molecule has 0 saturated heterocycles. The SMILES string of the molecule is CSCCCC1(C)CN(CC(=O)Nc2cccc(OC(F)(F)F)c2)N=C1c1ccc(C(F)(F)F)c(Cl)c1. The molecule has 1 N–H and O–H groups in total. The van der Waals surface area contributed by atoms with Gasteiger partial charge in [0, 0.05) is 23.7 Å². The largest absolute Gasteiger partial charge is 0.573 e. The molecule has 2 aromatic rings. The van der Waals surface area contributed by atoms with Crippen molar-refractivity contribution in [2.45, 2.75) is 32.3 Å². The number of amides is 1. The van der Waals surface area contributed by atoms with Crippen LogP contribution in [-0.4, -0.2) is 48.1 Å². The van der Waals surface area contributed by atoms with Gasteiger partial charge in [0.1, 0.15) is 12.3 Å². The average molecular weight is 568 g/mol. The highest BCUT2D eigenvalue weighted by Gasteiger charge is 2.40. The number of rotatable bonds is 9. The van der Waals surface area contributed by atoms with E-state index >= 15 is 0 Å². The number of halogens is 7. The maximum absolute atomic E-state index is 13.2. The van der Waals surface area contributed by atoms with E-state index in [4.69, 9.17) is 11.6 Å². The molecule has 2 aromatic carbocycles. The highest BCUT2D eigenvalue weighted by Crippen LogP contribution is 2.39. The summed E-state index contributed by atoms with van der Waals surface area (Å²) in [5.74, 6) is -0.147. The summed E-state index contributed by atoms with van der Waals surface area (Å²) in [6, 6.07) is 8.32. The summed E-state index contributed by atoms with van der Waals surface area (Å²) in [7, 11) is 0. The van der Waals surface area contributed by atoms with Gasteiger partial charge in [-0.25, -0.2) is 0 Å². The molecular weight excluding hydrogens is 544 g/mol. The Morgan fingerprint density at radius 2 is 1.92 bits per heavy atom. The van der Waals surface area contributed by atoms with Crippen LogP contribution in [0.25, 0.3) is 0 Å². The second-order valence-corrected chi connectivity index (χ2v) is 10.1. The number of anilines is 1. The van der Waals surface area contributed by atoms with Gasteiger partial charge in [0.15, 0.2) is 0 Å². The smallest absolute Gasteiger partial charge is 0.406 e. The van der Waals surface area contributed by atoms with Crippen molar-refractivity contribution in [1.29, 1.82) is 0 Å². The maximum atomic E-state index is 13.2. The van der Waals surface area contributed by atoms with Crippen LogP contribution in [0.15, 0.2) is 47.6 Å². The van der Waals surface area contributed by atoms with E-state index in [0.29, 0.717) is 24.2 Å². The molecule has 5 nitrogen and oxygen atoms in total. The maximum Gasteiger partial charge on any atom is 0.573 e. The summed E-state index contributed by atoms with van der Waals surface area (Å²) < 4.78 is 80.8. The van der Waals surface area contributed by atoms with E-state index in [1.54, 1.807) is 11.8 Å². The predicted octanol–water partition coefficient (Wildman–Crippen LogP) is 7.07. The molecule has 37 heavy (non-hydrogen) atoms. The minimum absolute atomic E-state index is 0.104. The van der Waals surface area contributed by atoms with E-state index in [1.807, 2.05) is 13.2 Å². The molecule has 1 aliphatic rings. The molecule has 1 heterocycles. The summed E-state index contributed by atoms with van der Waals surface area (Å²) in [6.07, 6.45) is -6.02. The zero-order valence-electron chi connectivity index (χ0n) is 19.8. The molecular formula is C24H24ClF6N3O2S. The second-order valence-electron chi connectivity index (χ2n) is 8.74. The Morgan fingerprint density at radius 3 is 2.54 bits per heavy atom. The number of hydrazone groups is 1. The number of thioether (sulfide) groups is 1. The number of alkyl halides is 6. The number of nitrogens with one attached hydrogen (secondary N) is 1. The summed E-state index contributed by atoms with van der Waals surface area (Å²) >= 11 is 7.60. The van der Waals surface area contributed by atoms with E-state index in [0.717, 1.165) is 30.4 Å². The van der Waals surface area contributed by atoms with Crippen molar-refractivity contribution in [3.8, 4) is 5.75 Å². The van der Waals surface area contributed by atoms with E-state index in [9.17, 15) is 31.1 Å². The Kier molecular flexibility index (Phi) is 8.94. The highest BCUT2D eigenvalue weighted by atomic mass is 35.5. The molecule has 0 radical (unpaired) electrons. The Hall–Kier alpha value is -2.60. The molecule has 0 saturated carbocycles. The van der Waals surface area contributed by atoms with Crippen molar-refractivity contribution < 1.29 is 35.9 Å². The van der Waals surface area contributed by atoms with Gasteiger partial charge in [-0.15, -0.1) is 13.2 Å². The van der Waals surface area contributed by atoms with Crippen LogP contribution in [0.4, 0.5) is 32.0 Å². The second kappa shape index (κ2) is 11.4. The third kappa shape index (κ3) is 7.94. The zero-order valence-corrected chi connectivity index (χ0v) is 21.4. The van der Waals surface area contributed by atoms with Crippen LogP contribution in [0.2, 0.25) is 5.02 Å². The first-order chi connectivity index (χ1) is 17.2. The van der Waals surface area contributed by atoms with Crippen molar-refractivity contribution in [2.75, 3.05) is 30.4 Å². The first-order valence-electron chi connectivity index (χ1n) is 11.1. The van der Waals surface area contributed by atoms with Gasteiger partial charge >= 0.3 is 12.5 Å². The molecule has 1 amide bonds. The normalized spacial score (nSPS) is 18.1. The molecule has 0 spiro atoms. The summed E-state index contributed by atoms with van der Waals surface area (Å²) in [5, 5.41) is 8.10. The molecule has 0 aromatic heterocycles. The fourth-order valence-electron chi connectivity index (χ4n) is 4.11. The molecule has 0 bridgehead atoms. The van der Waals surface area contributed by atoms with Gasteiger partial charge in [-0.2, -0.15) is 30.0 Å². The van der Waals surface area contributed by atoms with Crippen LogP contribution in [0.3, 0.4) is 0 Å². The summed E-state index contributed by atoms with van der Waals surface area (Å²) in [5.41, 5.74) is -0.484. The number of hydrogen-bond acceptors (Lipinski definition) is 5. The number of ether oxygens (including phenoxy) is 1. The van der Waals surface area contributed by atoms with Gasteiger partial charge in [-0.1, -0.05) is 30.7 Å². The molecule has 202 valence electrons. The van der Waals surface area contributed by atoms with E-state index in [1.165, 1.54) is 29.3 Å². The molecule has 1 atom stereocenters. The van der Waals surface area contributed by atoms with Crippen LogP contribution < -0.4 is 10.1 Å². The Bertz CT molecular complexity index is 1160. The van der Waals surface area contributed by atoms with Crippen LogP contribution in [0, 0.1) is 5.41 Å². The highest BCUT2D eigenvalue weighted by molar-refractivity contribution is 7.98. The molecule has 13 heteroatoms. The zero-order chi connectivity index (χ0) is 27.4. The van der Waals surface area contributed by atoms with Crippen LogP contribution in [-0.2, 0) is 11.0 Å². The van der Waals surface area contributed by atoms with E-state index in [-0.39, 0.29) is 12.2 Å².